The van der Waals surface area contributed by atoms with Gasteiger partial charge in [-0.3, -0.25) is 0 Å². The molecule has 0 atom stereocenters. The Kier molecular flexibility index (Phi) is 3.75. The molecule has 0 spiro atoms. The topological polar surface area (TPSA) is 49.4 Å². The van der Waals surface area contributed by atoms with Gasteiger partial charge in [-0.15, -0.1) is 0 Å². The molecule has 1 heterocycles. The second kappa shape index (κ2) is 4.64. The maximum absolute atomic E-state index is 10.5. The average molecular weight is 198 g/mol. The Morgan fingerprint density at radius 2 is 2.07 bits per heavy atom. The van der Waals surface area contributed by atoms with Crippen molar-refractivity contribution < 1.29 is 44.2 Å². The Morgan fingerprint density at radius 1 is 1.36 bits per heavy atom. The molecule has 0 bridgehead atoms. The quantitative estimate of drug-likeness (QED) is 0.458. The first-order valence-corrected chi connectivity index (χ1v) is 3.91. The number of carbonyl (C=O) groups excluding carboxylic acids is 1. The molecule has 14 heavy (non-hydrogen) atoms. The maximum Gasteiger partial charge on any atom is 1.00 e. The number of carboxylic acids is 1. The molecule has 1 aliphatic heterocycles. The third kappa shape index (κ3) is 2.18. The van der Waals surface area contributed by atoms with E-state index in [1.54, 1.807) is 18.2 Å². The van der Waals surface area contributed by atoms with Crippen molar-refractivity contribution in [1.29, 1.82) is 0 Å². The van der Waals surface area contributed by atoms with Gasteiger partial charge in [0.15, 0.2) is 0 Å². The Bertz CT molecular complexity index is 385. The monoisotopic (exact) mass is 198 g/mol. The second-order valence-electron chi connectivity index (χ2n) is 2.78. The molecule has 0 unspecified atom stereocenters. The van der Waals surface area contributed by atoms with E-state index in [0.29, 0.717) is 5.75 Å². The Balaban J connectivity index is 0.000000980. The summed E-state index contributed by atoms with van der Waals surface area (Å²) in [5.74, 6) is -0.456. The second-order valence-corrected chi connectivity index (χ2v) is 2.78. The van der Waals surface area contributed by atoms with Crippen molar-refractivity contribution in [2.75, 3.05) is 6.61 Å². The minimum absolute atomic E-state index is 0. The number of aliphatic carboxylic acids is 1. The molecule has 0 saturated carbocycles. The average Bonchev–Trinajstić information content (AvgIpc) is 2.17. The summed E-state index contributed by atoms with van der Waals surface area (Å²) in [5.41, 5.74) is 0.964. The molecule has 1 aromatic rings. The molecule has 66 valence electrons. The molecule has 0 amide bonds. The number of ether oxygens (including phenoxy) is 1. The van der Waals surface area contributed by atoms with Crippen LogP contribution in [-0.2, 0) is 4.79 Å². The summed E-state index contributed by atoms with van der Waals surface area (Å²) in [5, 5.41) is 10.5. The van der Waals surface area contributed by atoms with Crippen molar-refractivity contribution in [3.63, 3.8) is 0 Å². The smallest absolute Gasteiger partial charge is 0.545 e. The zero-order valence-electron chi connectivity index (χ0n) is 7.82. The molecular formula is C10H7NaO3. The van der Waals surface area contributed by atoms with E-state index in [0.717, 1.165) is 5.56 Å². The van der Waals surface area contributed by atoms with Gasteiger partial charge in [0.25, 0.3) is 0 Å². The van der Waals surface area contributed by atoms with Crippen LogP contribution in [-0.4, -0.2) is 12.6 Å². The van der Waals surface area contributed by atoms with Crippen molar-refractivity contribution >= 4 is 12.0 Å². The van der Waals surface area contributed by atoms with E-state index in [9.17, 15) is 9.90 Å². The summed E-state index contributed by atoms with van der Waals surface area (Å²) in [6, 6.07) is 7.28. The number of benzene rings is 1. The van der Waals surface area contributed by atoms with E-state index in [2.05, 4.69) is 0 Å². The van der Waals surface area contributed by atoms with Gasteiger partial charge in [0.2, 0.25) is 0 Å². The number of fused-ring (bicyclic) bond motifs is 1. The van der Waals surface area contributed by atoms with Crippen LogP contribution in [0.4, 0.5) is 0 Å². The van der Waals surface area contributed by atoms with Crippen LogP contribution in [0, 0.1) is 0 Å². The largest absolute Gasteiger partial charge is 1.00 e. The summed E-state index contributed by atoms with van der Waals surface area (Å²) in [7, 11) is 0. The van der Waals surface area contributed by atoms with Gasteiger partial charge in [0, 0.05) is 11.1 Å². The molecule has 1 aromatic carbocycles. The normalized spacial score (nSPS) is 13.0. The molecule has 3 nitrogen and oxygen atoms in total. The van der Waals surface area contributed by atoms with Gasteiger partial charge >= 0.3 is 29.6 Å². The molecule has 0 fully saturated rings. The summed E-state index contributed by atoms with van der Waals surface area (Å²) >= 11 is 0. The molecule has 0 radical (unpaired) electrons. The zero-order valence-corrected chi connectivity index (χ0v) is 9.82. The number of hydrogen-bond donors (Lipinski definition) is 0. The Labute approximate surface area is 104 Å². The Morgan fingerprint density at radius 3 is 2.79 bits per heavy atom. The molecule has 2 rings (SSSR count). The van der Waals surface area contributed by atoms with Crippen LogP contribution in [0.1, 0.15) is 5.56 Å². The molecule has 1 aliphatic rings. The van der Waals surface area contributed by atoms with Crippen molar-refractivity contribution in [2.45, 2.75) is 0 Å². The first kappa shape index (κ1) is 11.3. The van der Waals surface area contributed by atoms with Crippen LogP contribution < -0.4 is 39.4 Å². The summed E-state index contributed by atoms with van der Waals surface area (Å²) in [6.07, 6.45) is 1.58. The van der Waals surface area contributed by atoms with Crippen LogP contribution in [0.5, 0.6) is 5.75 Å². The van der Waals surface area contributed by atoms with Crippen molar-refractivity contribution in [2.24, 2.45) is 0 Å². The van der Waals surface area contributed by atoms with Crippen LogP contribution in [0.3, 0.4) is 0 Å². The van der Waals surface area contributed by atoms with Crippen LogP contribution in [0.2, 0.25) is 0 Å². The predicted molar refractivity (Wildman–Crippen MR) is 44.9 cm³/mol. The van der Waals surface area contributed by atoms with Gasteiger partial charge in [0.1, 0.15) is 12.4 Å². The minimum atomic E-state index is -1.17. The SMILES string of the molecule is O=C([O-])C1=Cc2ccccc2OC1.[Na+]. The van der Waals surface area contributed by atoms with Crippen molar-refractivity contribution in [1.82, 2.24) is 0 Å². The molecule has 0 N–H and O–H groups in total. The number of carbonyl (C=O) groups is 1. The zero-order chi connectivity index (χ0) is 9.26. The molecule has 0 aliphatic carbocycles. The van der Waals surface area contributed by atoms with E-state index in [1.807, 2.05) is 12.1 Å². The summed E-state index contributed by atoms with van der Waals surface area (Å²) < 4.78 is 5.21. The first-order valence-electron chi connectivity index (χ1n) is 3.91. The van der Waals surface area contributed by atoms with Crippen LogP contribution in [0.25, 0.3) is 6.08 Å². The van der Waals surface area contributed by atoms with Gasteiger partial charge in [-0.05, 0) is 12.1 Å². The summed E-state index contributed by atoms with van der Waals surface area (Å²) in [6.45, 7) is 0.0827. The number of rotatable bonds is 1. The van der Waals surface area contributed by atoms with Gasteiger partial charge in [0.05, 0.1) is 5.97 Å². The van der Waals surface area contributed by atoms with Crippen molar-refractivity contribution in [3.05, 3.63) is 35.4 Å². The molecule has 4 heteroatoms. The van der Waals surface area contributed by atoms with Gasteiger partial charge in [-0.25, -0.2) is 0 Å². The van der Waals surface area contributed by atoms with E-state index < -0.39 is 5.97 Å². The number of hydrogen-bond acceptors (Lipinski definition) is 3. The molecule has 0 saturated heterocycles. The molecular weight excluding hydrogens is 191 g/mol. The molecule has 0 aromatic heterocycles. The fourth-order valence-electron chi connectivity index (χ4n) is 1.23. The minimum Gasteiger partial charge on any atom is -0.545 e. The maximum atomic E-state index is 10.5. The van der Waals surface area contributed by atoms with E-state index >= 15 is 0 Å². The predicted octanol–water partition coefficient (Wildman–Crippen LogP) is -2.78. The third-order valence-electron chi connectivity index (χ3n) is 1.89. The van der Waals surface area contributed by atoms with E-state index in [-0.39, 0.29) is 41.7 Å². The number of carboxylic acid groups (broad SMARTS) is 1. The number of para-hydroxylation sites is 1. The van der Waals surface area contributed by atoms with Crippen LogP contribution in [0.15, 0.2) is 29.8 Å². The fourth-order valence-corrected chi connectivity index (χ4v) is 1.23. The Hall–Kier alpha value is -0.770. The fraction of sp³-hybridized carbons (Fsp3) is 0.100. The van der Waals surface area contributed by atoms with E-state index in [1.165, 1.54) is 0 Å². The first-order chi connectivity index (χ1) is 6.27. The third-order valence-corrected chi connectivity index (χ3v) is 1.89. The van der Waals surface area contributed by atoms with Crippen LogP contribution >= 0.6 is 0 Å². The van der Waals surface area contributed by atoms with E-state index in [4.69, 9.17) is 4.74 Å². The van der Waals surface area contributed by atoms with Gasteiger partial charge in [-0.2, -0.15) is 0 Å². The van der Waals surface area contributed by atoms with Crippen molar-refractivity contribution in [3.8, 4) is 5.75 Å². The van der Waals surface area contributed by atoms with Gasteiger partial charge in [-0.1, -0.05) is 18.2 Å². The standard InChI is InChI=1S/C10H8O3.Na/c11-10(12)8-5-7-3-1-2-4-9(7)13-6-8;/h1-5H,6H2,(H,11,12);/q;+1/p-1. The summed E-state index contributed by atoms with van der Waals surface area (Å²) in [4.78, 5) is 10.5. The van der Waals surface area contributed by atoms with Gasteiger partial charge < -0.3 is 14.6 Å².